The van der Waals surface area contributed by atoms with E-state index in [2.05, 4.69) is 26.6 Å². The Morgan fingerprint density at radius 2 is 1.54 bits per heavy atom. The summed E-state index contributed by atoms with van der Waals surface area (Å²) in [5.74, 6) is -2.66. The van der Waals surface area contributed by atoms with E-state index in [0.717, 1.165) is 11.1 Å². The Kier molecular flexibility index (Phi) is 19.7. The van der Waals surface area contributed by atoms with Gasteiger partial charge in [-0.15, -0.1) is 0 Å². The fraction of sp³-hybridized carbons (Fsp3) is 0.469. The molecule has 0 saturated heterocycles. The van der Waals surface area contributed by atoms with Gasteiger partial charge in [0.25, 0.3) is 0 Å². The average molecular weight is 664 g/mol. The molecule has 0 saturated carbocycles. The van der Waals surface area contributed by atoms with E-state index in [4.69, 9.17) is 9.47 Å². The van der Waals surface area contributed by atoms with Gasteiger partial charge in [-0.25, -0.2) is 4.79 Å². The highest BCUT2D eigenvalue weighted by Crippen LogP contribution is 2.33. The Bertz CT molecular complexity index is 1270. The first kappa shape index (κ1) is 41.9. The summed E-state index contributed by atoms with van der Waals surface area (Å²) in [5.41, 5.74) is 1.97. The molecule has 13 nitrogen and oxygen atoms in total. The number of carbonyl (C=O) groups is 5. The molecule has 0 heterocycles. The number of hydrogen-bond donors (Lipinski definition) is 6. The van der Waals surface area contributed by atoms with Gasteiger partial charge < -0.3 is 41.2 Å². The molecule has 3 atom stereocenters. The summed E-state index contributed by atoms with van der Waals surface area (Å²) in [7, 11) is 3.01. The fourth-order valence-corrected chi connectivity index (χ4v) is 4.31. The average Bonchev–Trinajstić information content (AvgIpc) is 2.99. The maximum Gasteiger partial charge on any atom is 0.330 e. The third-order valence-corrected chi connectivity index (χ3v) is 6.35. The van der Waals surface area contributed by atoms with Crippen LogP contribution in [0.3, 0.4) is 0 Å². The summed E-state index contributed by atoms with van der Waals surface area (Å²) in [5, 5.41) is 22.6. The first-order chi connectivity index (χ1) is 21.0. The van der Waals surface area contributed by atoms with E-state index < -0.39 is 48.9 Å². The summed E-state index contributed by atoms with van der Waals surface area (Å²) >= 11 is 0. The minimum absolute atomic E-state index is 0. The van der Waals surface area contributed by atoms with Crippen LogP contribution in [0.1, 0.15) is 44.4 Å². The van der Waals surface area contributed by atoms with E-state index in [-0.39, 0.29) is 66.6 Å². The van der Waals surface area contributed by atoms with Crippen LogP contribution in [-0.4, -0.2) is 80.6 Å². The molecule has 0 aliphatic rings. The van der Waals surface area contributed by atoms with Crippen LogP contribution in [-0.2, 0) is 37.0 Å². The van der Waals surface area contributed by atoms with Crippen molar-refractivity contribution in [1.82, 2.24) is 26.6 Å². The van der Waals surface area contributed by atoms with Crippen LogP contribution >= 0.6 is 9.90 Å². The van der Waals surface area contributed by atoms with Gasteiger partial charge in [-0.1, -0.05) is 51.6 Å². The molecule has 0 radical (unpaired) electrons. The van der Waals surface area contributed by atoms with Crippen LogP contribution in [0.5, 0.6) is 11.5 Å². The number of methoxy groups -OCH3 is 1. The van der Waals surface area contributed by atoms with Crippen LogP contribution < -0.4 is 36.1 Å². The summed E-state index contributed by atoms with van der Waals surface area (Å²) in [6.45, 7) is 4.22. The first-order valence-corrected chi connectivity index (χ1v) is 14.3. The largest absolute Gasteiger partial charge is 0.493 e. The summed E-state index contributed by atoms with van der Waals surface area (Å²) in [4.78, 5) is 63.4. The number of aliphatic hydroxyl groups excluding tert-OH is 1. The van der Waals surface area contributed by atoms with Gasteiger partial charge in [0.2, 0.25) is 23.6 Å². The van der Waals surface area contributed by atoms with Gasteiger partial charge in [0.15, 0.2) is 11.5 Å². The van der Waals surface area contributed by atoms with Gasteiger partial charge in [0.1, 0.15) is 18.6 Å². The number of nitrogens with one attached hydrogen (secondary N) is 5. The van der Waals surface area contributed by atoms with E-state index in [1.807, 2.05) is 44.2 Å². The molecule has 6 N–H and O–H groups in total. The number of esters is 1. The molecule has 46 heavy (non-hydrogen) atoms. The van der Waals surface area contributed by atoms with Crippen molar-refractivity contribution in [2.75, 3.05) is 33.8 Å². The number of hydrogen-bond acceptors (Lipinski definition) is 9. The van der Waals surface area contributed by atoms with Gasteiger partial charge in [0.05, 0.1) is 26.8 Å². The quantitative estimate of drug-likeness (QED) is 0.0810. The number of carbonyl (C=O) groups excluding carboxylic acids is 5. The third kappa shape index (κ3) is 14.4. The number of likely N-dealkylation sites (N-methyl/N-ethyl adjacent to an activating group) is 1. The van der Waals surface area contributed by atoms with Crippen molar-refractivity contribution >= 4 is 39.5 Å². The highest BCUT2D eigenvalue weighted by atomic mass is 31.0. The lowest BCUT2D eigenvalue weighted by Gasteiger charge is -2.24. The van der Waals surface area contributed by atoms with E-state index in [9.17, 15) is 29.1 Å². The number of rotatable bonds is 17. The predicted octanol–water partition coefficient (Wildman–Crippen LogP) is 0.806. The molecule has 0 aliphatic heterocycles. The number of aryl methyl sites for hydroxylation is 1. The Balaban J connectivity index is 0.0000101. The number of amides is 4. The topological polar surface area (TPSA) is 184 Å². The summed E-state index contributed by atoms with van der Waals surface area (Å²) in [6, 6.07) is 10.5. The van der Waals surface area contributed by atoms with Crippen LogP contribution in [0.15, 0.2) is 42.5 Å². The van der Waals surface area contributed by atoms with Crippen LogP contribution in [0.25, 0.3) is 0 Å². The molecular weight excluding hydrogens is 613 g/mol. The normalized spacial score (nSPS) is 11.5. The maximum atomic E-state index is 13.3. The molecule has 256 valence electrons. The van der Waals surface area contributed by atoms with Gasteiger partial charge in [-0.3, -0.25) is 19.2 Å². The first-order valence-electron chi connectivity index (χ1n) is 14.3. The van der Waals surface area contributed by atoms with E-state index in [1.165, 1.54) is 7.11 Å². The van der Waals surface area contributed by atoms with Crippen LogP contribution in [0, 0.1) is 12.8 Å². The Morgan fingerprint density at radius 3 is 2.13 bits per heavy atom. The molecule has 14 heteroatoms. The number of benzene rings is 2. The van der Waals surface area contributed by atoms with Crippen LogP contribution in [0.2, 0.25) is 0 Å². The summed E-state index contributed by atoms with van der Waals surface area (Å²) < 4.78 is 10.6. The molecule has 0 aromatic heterocycles. The van der Waals surface area contributed by atoms with Gasteiger partial charge in [-0.2, -0.15) is 9.90 Å². The summed E-state index contributed by atoms with van der Waals surface area (Å²) in [6.07, 6.45) is 0.491. The highest BCUT2D eigenvalue weighted by molar-refractivity contribution is 6.92. The zero-order valence-corrected chi connectivity index (χ0v) is 27.9. The molecule has 0 aliphatic carbocycles. The SMILES string of the molecule is C.CNCC(=O)NC(Cc1ccccc1)C(=O)NC(CC(C)C)C(=O)NCC(=O)NCC(=O)Oc1c(CO)cc(C)cc1OC.P. The lowest BCUT2D eigenvalue weighted by Crippen LogP contribution is -2.56. The number of aliphatic hydroxyl groups is 1. The molecular formula is C32H50N5O8P. The molecule has 4 amide bonds. The van der Waals surface area contributed by atoms with Crippen molar-refractivity contribution in [3.8, 4) is 11.5 Å². The lowest BCUT2D eigenvalue weighted by molar-refractivity contribution is -0.136. The predicted molar refractivity (Wildman–Crippen MR) is 181 cm³/mol. The van der Waals surface area contributed by atoms with Gasteiger partial charge >= 0.3 is 5.97 Å². The zero-order chi connectivity index (χ0) is 32.6. The highest BCUT2D eigenvalue weighted by Gasteiger charge is 2.28. The Morgan fingerprint density at radius 1 is 0.870 bits per heavy atom. The van der Waals surface area contributed by atoms with Crippen molar-refractivity contribution in [3.63, 3.8) is 0 Å². The molecule has 2 rings (SSSR count). The Hall–Kier alpha value is -4.06. The second-order valence-corrected chi connectivity index (χ2v) is 10.6. The monoisotopic (exact) mass is 663 g/mol. The smallest absolute Gasteiger partial charge is 0.330 e. The Labute approximate surface area is 274 Å². The van der Waals surface area contributed by atoms with Crippen molar-refractivity contribution in [2.24, 2.45) is 5.92 Å². The molecule has 0 spiro atoms. The number of ether oxygens (including phenoxy) is 2. The molecule has 2 aromatic rings. The minimum Gasteiger partial charge on any atom is -0.493 e. The lowest BCUT2D eigenvalue weighted by atomic mass is 10.0. The maximum absolute atomic E-state index is 13.3. The molecule has 2 aromatic carbocycles. The standard InChI is InChI=1S/C31H43N5O8.CH4.H3P/c1-19(2)11-23(36-31(42)24(35-27(39)15-32-4)14-21-9-7-6-8-10-21)30(41)34-16-26(38)33-17-28(40)44-29-22(18-37)12-20(3)13-25(29)43-5;;/h6-10,12-13,19,23-24,32,37H,11,14-18H2,1-5H3,(H,33,38)(H,34,41)(H,35,39)(H,36,42);1H4;1H3. The second-order valence-electron chi connectivity index (χ2n) is 10.6. The third-order valence-electron chi connectivity index (χ3n) is 6.35. The fourth-order valence-electron chi connectivity index (χ4n) is 4.31. The van der Waals surface area contributed by atoms with E-state index in [0.29, 0.717) is 5.56 Å². The molecule has 3 unspecified atom stereocenters. The molecule has 0 fully saturated rings. The van der Waals surface area contributed by atoms with Crippen molar-refractivity contribution in [2.45, 2.75) is 59.7 Å². The van der Waals surface area contributed by atoms with E-state index >= 15 is 0 Å². The van der Waals surface area contributed by atoms with Crippen molar-refractivity contribution < 1.29 is 38.6 Å². The van der Waals surface area contributed by atoms with Crippen molar-refractivity contribution in [1.29, 1.82) is 0 Å². The second kappa shape index (κ2) is 21.6. The zero-order valence-electron chi connectivity index (χ0n) is 26.5. The minimum atomic E-state index is -0.981. The van der Waals surface area contributed by atoms with Crippen molar-refractivity contribution in [3.05, 3.63) is 59.2 Å². The van der Waals surface area contributed by atoms with E-state index in [1.54, 1.807) is 26.1 Å². The van der Waals surface area contributed by atoms with Gasteiger partial charge in [0, 0.05) is 12.0 Å². The van der Waals surface area contributed by atoms with Gasteiger partial charge in [-0.05, 0) is 49.6 Å². The van der Waals surface area contributed by atoms with Crippen LogP contribution in [0.4, 0.5) is 0 Å². The molecule has 0 bridgehead atoms.